The highest BCUT2D eigenvalue weighted by Gasteiger charge is 2.42. The molecule has 4 heterocycles. The normalized spacial score (nSPS) is 20.8. The minimum absolute atomic E-state index is 0.0520. The number of aliphatic hydroxyl groups is 1. The van der Waals surface area contributed by atoms with Crippen molar-refractivity contribution < 1.29 is 28.9 Å². The van der Waals surface area contributed by atoms with E-state index in [2.05, 4.69) is 29.4 Å². The summed E-state index contributed by atoms with van der Waals surface area (Å²) in [5.74, 6) is -0.452. The monoisotopic (exact) mass is 570 g/mol. The molecule has 0 amide bonds. The van der Waals surface area contributed by atoms with Crippen LogP contribution in [0.5, 0.6) is 5.75 Å². The standard InChI is InChI=1S/C31H43FN4O5/c1-35(13-5-3-4-8-24-10-9-22-7-6-12-33-29(22)34-24)17-21-11-14-36(18-21)27(30(37)38)25-15-23(31(39)19-41-20-31)16-26(32)28(25)40-2/h9-10,15-16,21,27,39H,3-8,11-14,17-20H2,1-2H3,(H,33,34)(H,37,38)/t21-,27?/m0/s1. The van der Waals surface area contributed by atoms with Gasteiger partial charge in [0.25, 0.3) is 0 Å². The molecule has 1 unspecified atom stereocenters. The van der Waals surface area contributed by atoms with E-state index in [-0.39, 0.29) is 24.5 Å². The quantitative estimate of drug-likeness (QED) is 0.312. The molecular formula is C31H43FN4O5. The van der Waals surface area contributed by atoms with E-state index in [4.69, 9.17) is 14.5 Å². The lowest BCUT2D eigenvalue weighted by Gasteiger charge is -2.37. The number of unbranched alkanes of at least 4 members (excludes halogenated alkanes) is 2. The van der Waals surface area contributed by atoms with Gasteiger partial charge in [-0.15, -0.1) is 0 Å². The molecule has 5 rings (SSSR count). The molecule has 224 valence electrons. The minimum atomic E-state index is -1.31. The van der Waals surface area contributed by atoms with Crippen LogP contribution in [0.3, 0.4) is 0 Å². The number of halogens is 1. The van der Waals surface area contributed by atoms with Crippen molar-refractivity contribution in [2.45, 2.75) is 56.6 Å². The van der Waals surface area contributed by atoms with Crippen LogP contribution >= 0.6 is 0 Å². The van der Waals surface area contributed by atoms with Gasteiger partial charge in [0.1, 0.15) is 17.5 Å². The van der Waals surface area contributed by atoms with E-state index in [1.165, 1.54) is 25.2 Å². The van der Waals surface area contributed by atoms with Crippen molar-refractivity contribution in [3.05, 3.63) is 52.5 Å². The molecule has 0 spiro atoms. The Kier molecular flexibility index (Phi) is 9.43. The number of ether oxygens (including phenoxy) is 2. The van der Waals surface area contributed by atoms with Crippen LogP contribution in [-0.4, -0.2) is 91.1 Å². The first kappa shape index (κ1) is 29.7. The van der Waals surface area contributed by atoms with E-state index >= 15 is 0 Å². The number of anilines is 1. The highest BCUT2D eigenvalue weighted by atomic mass is 19.1. The molecule has 3 aliphatic heterocycles. The number of pyridine rings is 1. The topological polar surface area (TPSA) is 107 Å². The van der Waals surface area contributed by atoms with Crippen molar-refractivity contribution in [2.75, 3.05) is 65.4 Å². The Bertz CT molecular complexity index is 1220. The third-order valence-corrected chi connectivity index (χ3v) is 8.70. The number of aromatic nitrogens is 1. The minimum Gasteiger partial charge on any atom is -0.493 e. The van der Waals surface area contributed by atoms with Gasteiger partial charge in [-0.05, 0) is 93.9 Å². The number of nitrogens with zero attached hydrogens (tertiary/aromatic N) is 3. The smallest absolute Gasteiger partial charge is 0.325 e. The summed E-state index contributed by atoms with van der Waals surface area (Å²) < 4.78 is 25.4. The number of nitrogens with one attached hydrogen (secondary N) is 1. The SMILES string of the molecule is COc1c(F)cc(C2(O)COC2)cc1C(C(=O)O)N1CC[C@@H](CN(C)CCCCCc2ccc3c(n2)NCCC3)C1. The molecule has 9 nitrogen and oxygen atoms in total. The summed E-state index contributed by atoms with van der Waals surface area (Å²) >= 11 is 0. The average molecular weight is 571 g/mol. The van der Waals surface area contributed by atoms with E-state index < -0.39 is 23.4 Å². The fourth-order valence-corrected chi connectivity index (χ4v) is 6.40. The number of carboxylic acids is 1. The molecule has 10 heteroatoms. The van der Waals surface area contributed by atoms with Gasteiger partial charge in [-0.1, -0.05) is 12.5 Å². The van der Waals surface area contributed by atoms with Gasteiger partial charge < -0.3 is 29.9 Å². The molecule has 2 fully saturated rings. The van der Waals surface area contributed by atoms with Crippen molar-refractivity contribution in [3.63, 3.8) is 0 Å². The maximum atomic E-state index is 15.0. The number of fused-ring (bicyclic) bond motifs is 1. The maximum absolute atomic E-state index is 15.0. The molecule has 1 aromatic carbocycles. The van der Waals surface area contributed by atoms with Gasteiger partial charge in [0, 0.05) is 30.9 Å². The molecule has 2 aromatic rings. The summed E-state index contributed by atoms with van der Waals surface area (Å²) in [6, 6.07) is 6.10. The molecule has 0 aliphatic carbocycles. The van der Waals surface area contributed by atoms with Gasteiger partial charge in [-0.3, -0.25) is 9.69 Å². The lowest BCUT2D eigenvalue weighted by Crippen LogP contribution is -2.46. The molecule has 1 aromatic heterocycles. The van der Waals surface area contributed by atoms with Crippen LogP contribution in [0, 0.1) is 11.7 Å². The summed E-state index contributed by atoms with van der Waals surface area (Å²) in [5.41, 5.74) is 1.72. The molecule has 3 aliphatic rings. The van der Waals surface area contributed by atoms with E-state index in [9.17, 15) is 19.4 Å². The van der Waals surface area contributed by atoms with Crippen LogP contribution in [0.15, 0.2) is 24.3 Å². The first-order valence-corrected chi connectivity index (χ1v) is 14.8. The zero-order chi connectivity index (χ0) is 29.0. The Morgan fingerprint density at radius 3 is 2.88 bits per heavy atom. The molecule has 2 atom stereocenters. The first-order valence-electron chi connectivity index (χ1n) is 14.8. The van der Waals surface area contributed by atoms with Crippen LogP contribution in [0.25, 0.3) is 0 Å². The number of aliphatic carboxylic acids is 1. The summed E-state index contributed by atoms with van der Waals surface area (Å²) in [6.07, 6.45) is 7.48. The third-order valence-electron chi connectivity index (χ3n) is 8.70. The fourth-order valence-electron chi connectivity index (χ4n) is 6.40. The van der Waals surface area contributed by atoms with Crippen LogP contribution in [0.4, 0.5) is 10.2 Å². The Hall–Kier alpha value is -2.79. The maximum Gasteiger partial charge on any atom is 0.325 e. The predicted molar refractivity (Wildman–Crippen MR) is 154 cm³/mol. The lowest BCUT2D eigenvalue weighted by molar-refractivity contribution is -0.184. The lowest BCUT2D eigenvalue weighted by atomic mass is 9.88. The number of carboxylic acid groups (broad SMARTS) is 1. The van der Waals surface area contributed by atoms with Crippen LogP contribution in [0.2, 0.25) is 0 Å². The number of carbonyl (C=O) groups is 1. The number of likely N-dealkylation sites (tertiary alicyclic amines) is 1. The zero-order valence-electron chi connectivity index (χ0n) is 24.2. The van der Waals surface area contributed by atoms with Crippen molar-refractivity contribution in [1.82, 2.24) is 14.8 Å². The van der Waals surface area contributed by atoms with Crippen LogP contribution in [0.1, 0.15) is 60.5 Å². The number of aryl methyl sites for hydroxylation is 2. The fraction of sp³-hybridized carbons (Fsp3) is 0.613. The number of rotatable bonds is 13. The van der Waals surface area contributed by atoms with Gasteiger partial charge in [0.2, 0.25) is 0 Å². The van der Waals surface area contributed by atoms with E-state index in [1.807, 2.05) is 4.90 Å². The molecular weight excluding hydrogens is 527 g/mol. The Balaban J connectivity index is 1.11. The van der Waals surface area contributed by atoms with E-state index in [0.717, 1.165) is 69.7 Å². The van der Waals surface area contributed by atoms with Crippen LogP contribution < -0.4 is 10.1 Å². The second kappa shape index (κ2) is 13.0. The average Bonchev–Trinajstić information content (AvgIpc) is 3.38. The number of hydrogen-bond acceptors (Lipinski definition) is 8. The molecule has 41 heavy (non-hydrogen) atoms. The van der Waals surface area contributed by atoms with Gasteiger partial charge in [-0.25, -0.2) is 9.37 Å². The molecule has 3 N–H and O–H groups in total. The van der Waals surface area contributed by atoms with E-state index in [1.54, 1.807) is 6.07 Å². The van der Waals surface area contributed by atoms with Crippen molar-refractivity contribution in [1.29, 1.82) is 0 Å². The van der Waals surface area contributed by atoms with Crippen LogP contribution in [-0.2, 0) is 28.0 Å². The molecule has 0 radical (unpaired) electrons. The summed E-state index contributed by atoms with van der Waals surface area (Å²) in [6.45, 7) is 4.17. The summed E-state index contributed by atoms with van der Waals surface area (Å²) in [7, 11) is 3.46. The van der Waals surface area contributed by atoms with Gasteiger partial charge >= 0.3 is 5.97 Å². The van der Waals surface area contributed by atoms with E-state index in [0.29, 0.717) is 24.6 Å². The molecule has 0 saturated carbocycles. The predicted octanol–water partition coefficient (Wildman–Crippen LogP) is 3.60. The molecule has 2 saturated heterocycles. The highest BCUT2D eigenvalue weighted by molar-refractivity contribution is 5.77. The highest BCUT2D eigenvalue weighted by Crippen LogP contribution is 2.39. The van der Waals surface area contributed by atoms with Crippen molar-refractivity contribution >= 4 is 11.8 Å². The van der Waals surface area contributed by atoms with Crippen molar-refractivity contribution in [3.8, 4) is 5.75 Å². The summed E-state index contributed by atoms with van der Waals surface area (Å²) in [5, 5.41) is 24.3. The van der Waals surface area contributed by atoms with Gasteiger partial charge in [-0.2, -0.15) is 0 Å². The Morgan fingerprint density at radius 1 is 1.32 bits per heavy atom. The Labute approximate surface area is 241 Å². The Morgan fingerprint density at radius 2 is 2.15 bits per heavy atom. The van der Waals surface area contributed by atoms with Gasteiger partial charge in [0.15, 0.2) is 11.6 Å². The number of hydrogen-bond donors (Lipinski definition) is 3. The third kappa shape index (κ3) is 6.83. The zero-order valence-corrected chi connectivity index (χ0v) is 24.2. The number of methoxy groups -OCH3 is 1. The second-order valence-electron chi connectivity index (χ2n) is 11.9. The first-order chi connectivity index (χ1) is 19.8. The van der Waals surface area contributed by atoms with Crippen molar-refractivity contribution in [2.24, 2.45) is 5.92 Å². The largest absolute Gasteiger partial charge is 0.493 e. The molecule has 0 bridgehead atoms. The second-order valence-corrected chi connectivity index (χ2v) is 11.9. The van der Waals surface area contributed by atoms with Gasteiger partial charge in [0.05, 0.1) is 20.3 Å². The summed E-state index contributed by atoms with van der Waals surface area (Å²) in [4.78, 5) is 21.5. The number of benzene rings is 1.